The lowest BCUT2D eigenvalue weighted by molar-refractivity contribution is -0.146. The summed E-state index contributed by atoms with van der Waals surface area (Å²) in [4.78, 5) is 125. The van der Waals surface area contributed by atoms with Crippen molar-refractivity contribution in [2.45, 2.75) is 189 Å². The van der Waals surface area contributed by atoms with Crippen molar-refractivity contribution >= 4 is 53.2 Å². The van der Waals surface area contributed by atoms with E-state index in [1.165, 1.54) is 4.90 Å². The summed E-state index contributed by atoms with van der Waals surface area (Å²) in [5.41, 5.74) is 6.78. The van der Waals surface area contributed by atoms with E-state index in [0.29, 0.717) is 37.7 Å². The number of nitrogens with one attached hydrogen (secondary N) is 7. The molecule has 1 saturated heterocycles. The van der Waals surface area contributed by atoms with Crippen LogP contribution in [0, 0.1) is 35.5 Å². The van der Waals surface area contributed by atoms with E-state index in [2.05, 4.69) is 37.2 Å². The number of amides is 8. The SMILES string of the molecule is CC[C@H](C)[C@H](NC(=O)[C@H](CO)NC(=O)[C@H](Cc1ccccc1)NC(=O)[C@H](CC(C)C)NC(=O)[C@H](CC(C)C)NC(=O)[C@@H](N)CC(C)C)C(=O)N[C@H](C(=O)N1CCC[C@H]1C(=O)N[C@H](C(=O)O)C(C)C)[C@@H](C)CC. The second-order valence-corrected chi connectivity index (χ2v) is 21.1. The molecule has 1 fully saturated rings. The summed E-state index contributed by atoms with van der Waals surface area (Å²) < 4.78 is 0. The average Bonchev–Trinajstić information content (AvgIpc) is 3.81. The third-order valence-electron chi connectivity index (χ3n) is 13.1. The predicted molar refractivity (Wildman–Crippen MR) is 273 cm³/mol. The number of carboxylic acid groups (broad SMARTS) is 1. The number of likely N-dealkylation sites (tertiary alicyclic amines) is 1. The molecule has 1 aliphatic rings. The Morgan fingerprint density at radius 1 is 0.583 bits per heavy atom. The van der Waals surface area contributed by atoms with Crippen molar-refractivity contribution in [2.24, 2.45) is 41.2 Å². The van der Waals surface area contributed by atoms with Gasteiger partial charge in [-0.05, 0) is 73.2 Å². The number of rotatable bonds is 30. The zero-order valence-electron chi connectivity index (χ0n) is 44.7. The van der Waals surface area contributed by atoms with Gasteiger partial charge in [0.1, 0.15) is 48.3 Å². The summed E-state index contributed by atoms with van der Waals surface area (Å²) in [6.45, 7) is 21.1. The second-order valence-electron chi connectivity index (χ2n) is 21.1. The first-order valence-electron chi connectivity index (χ1n) is 25.8. The molecule has 11 N–H and O–H groups in total. The van der Waals surface area contributed by atoms with E-state index in [-0.39, 0.29) is 43.6 Å². The summed E-state index contributed by atoms with van der Waals surface area (Å²) in [5.74, 6) is -7.99. The van der Waals surface area contributed by atoms with E-state index >= 15 is 0 Å². The summed E-state index contributed by atoms with van der Waals surface area (Å²) in [5, 5.41) is 39.1. The Morgan fingerprint density at radius 2 is 1.04 bits per heavy atom. The normalized spacial score (nSPS) is 17.9. The van der Waals surface area contributed by atoms with Crippen molar-refractivity contribution < 1.29 is 53.4 Å². The van der Waals surface area contributed by atoms with E-state index in [1.54, 1.807) is 65.0 Å². The molecule has 0 aromatic heterocycles. The zero-order valence-corrected chi connectivity index (χ0v) is 44.7. The van der Waals surface area contributed by atoms with E-state index in [0.717, 1.165) is 0 Å². The number of hydrogen-bond donors (Lipinski definition) is 10. The summed E-state index contributed by atoms with van der Waals surface area (Å²) >= 11 is 0. The van der Waals surface area contributed by atoms with Crippen LogP contribution in [0.4, 0.5) is 0 Å². The number of carbonyl (C=O) groups excluding carboxylic acids is 8. The van der Waals surface area contributed by atoms with Gasteiger partial charge in [0.05, 0.1) is 12.6 Å². The molecule has 1 heterocycles. The van der Waals surface area contributed by atoms with Crippen LogP contribution in [-0.4, -0.2) is 136 Å². The standard InChI is InChI=1S/C52H87N9O11/c1-13-32(11)42(50(69)60-43(33(12)14-2)51(70)61-22-18-21-40(61)49(68)58-41(31(9)10)52(71)72)59-48(67)39(27-62)57-47(66)38(26-34-19-16-15-17-20-34)56-46(65)37(25-30(7)8)55-45(64)36(24-29(5)6)54-44(63)35(53)23-28(3)4/h15-17,19-20,28-33,35-43,62H,13-14,18,21-27,53H2,1-12H3,(H,54,63)(H,55,64)(H,56,65)(H,57,66)(H,58,68)(H,59,67)(H,60,69)(H,71,72)/t32-,33-,35-,36-,37-,38-,39-,40-,41-,42-,43-/m0/s1. The Hall–Kier alpha value is -5.63. The smallest absolute Gasteiger partial charge is 0.326 e. The molecule has 0 aliphatic carbocycles. The number of aliphatic hydroxyl groups excluding tert-OH is 1. The van der Waals surface area contributed by atoms with Crippen LogP contribution in [0.2, 0.25) is 0 Å². The number of carboxylic acids is 1. The second kappa shape index (κ2) is 30.4. The summed E-state index contributed by atoms with van der Waals surface area (Å²) in [6.07, 6.45) is 2.38. The number of aliphatic hydroxyl groups is 1. The highest BCUT2D eigenvalue weighted by Gasteiger charge is 2.42. The molecule has 1 aliphatic heterocycles. The Kier molecular flexibility index (Phi) is 26.4. The molecule has 0 spiro atoms. The summed E-state index contributed by atoms with van der Waals surface area (Å²) in [6, 6.07) is -1.71. The van der Waals surface area contributed by atoms with Crippen LogP contribution >= 0.6 is 0 Å². The molecule has 1 aromatic rings. The van der Waals surface area contributed by atoms with Crippen molar-refractivity contribution in [3.05, 3.63) is 35.9 Å². The monoisotopic (exact) mass is 1010 g/mol. The van der Waals surface area contributed by atoms with Crippen molar-refractivity contribution in [1.29, 1.82) is 0 Å². The fourth-order valence-corrected chi connectivity index (χ4v) is 8.50. The van der Waals surface area contributed by atoms with E-state index in [9.17, 15) is 53.4 Å². The van der Waals surface area contributed by atoms with Crippen molar-refractivity contribution in [3.8, 4) is 0 Å². The van der Waals surface area contributed by atoms with Gasteiger partial charge in [-0.2, -0.15) is 0 Å². The van der Waals surface area contributed by atoms with Crippen molar-refractivity contribution in [1.82, 2.24) is 42.1 Å². The number of carbonyl (C=O) groups is 9. The predicted octanol–water partition coefficient (Wildman–Crippen LogP) is 1.90. The first-order chi connectivity index (χ1) is 33.8. The van der Waals surface area contributed by atoms with Gasteiger partial charge in [-0.1, -0.05) is 126 Å². The molecule has 20 heteroatoms. The number of nitrogens with zero attached hydrogens (tertiary/aromatic N) is 1. The highest BCUT2D eigenvalue weighted by atomic mass is 16.4. The van der Waals surface area contributed by atoms with Gasteiger partial charge in [0.25, 0.3) is 0 Å². The van der Waals surface area contributed by atoms with Crippen LogP contribution in [0.1, 0.15) is 134 Å². The molecule has 0 radical (unpaired) electrons. The Labute approximate surface area is 426 Å². The first-order valence-corrected chi connectivity index (χ1v) is 25.8. The van der Waals surface area contributed by atoms with Crippen LogP contribution in [0.25, 0.3) is 0 Å². The van der Waals surface area contributed by atoms with Gasteiger partial charge in [-0.3, -0.25) is 38.4 Å². The van der Waals surface area contributed by atoms with E-state index in [1.807, 2.05) is 48.5 Å². The molecule has 20 nitrogen and oxygen atoms in total. The molecule has 72 heavy (non-hydrogen) atoms. The fraction of sp³-hybridized carbons (Fsp3) is 0.712. The highest BCUT2D eigenvalue weighted by molar-refractivity contribution is 5.98. The quantitative estimate of drug-likeness (QED) is 0.0529. The molecule has 1 aromatic carbocycles. The van der Waals surface area contributed by atoms with Gasteiger partial charge in [0, 0.05) is 13.0 Å². The maximum Gasteiger partial charge on any atom is 0.326 e. The summed E-state index contributed by atoms with van der Waals surface area (Å²) in [7, 11) is 0. The minimum absolute atomic E-state index is 0.0163. The van der Waals surface area contributed by atoms with Crippen LogP contribution < -0.4 is 43.0 Å². The Morgan fingerprint density at radius 3 is 1.53 bits per heavy atom. The average molecular weight is 1010 g/mol. The molecule has 0 saturated carbocycles. The third kappa shape index (κ3) is 19.8. The van der Waals surface area contributed by atoms with Gasteiger partial charge in [-0.25, -0.2) is 4.79 Å². The molecule has 0 bridgehead atoms. The lowest BCUT2D eigenvalue weighted by atomic mass is 9.94. The zero-order chi connectivity index (χ0) is 54.6. The van der Waals surface area contributed by atoms with E-state index in [4.69, 9.17) is 5.73 Å². The fourth-order valence-electron chi connectivity index (χ4n) is 8.50. The molecule has 0 unspecified atom stereocenters. The molecule has 8 amide bonds. The molecular weight excluding hydrogens is 927 g/mol. The Bertz CT molecular complexity index is 1970. The lowest BCUT2D eigenvalue weighted by Crippen LogP contribution is -2.62. The molecule has 406 valence electrons. The first kappa shape index (κ1) is 62.5. The number of benzene rings is 1. The molecule has 11 atom stereocenters. The van der Waals surface area contributed by atoms with Gasteiger partial charge >= 0.3 is 5.97 Å². The highest BCUT2D eigenvalue weighted by Crippen LogP contribution is 2.23. The van der Waals surface area contributed by atoms with Crippen LogP contribution in [0.3, 0.4) is 0 Å². The third-order valence-corrected chi connectivity index (χ3v) is 13.1. The van der Waals surface area contributed by atoms with Crippen LogP contribution in [0.15, 0.2) is 30.3 Å². The maximum absolute atomic E-state index is 14.3. The van der Waals surface area contributed by atoms with Gasteiger partial charge in [0.2, 0.25) is 47.3 Å². The Balaban J connectivity index is 2.39. The topological polar surface area (TPSA) is 308 Å². The van der Waals surface area contributed by atoms with E-state index < -0.39 is 132 Å². The molecule has 2 rings (SSSR count). The van der Waals surface area contributed by atoms with Crippen molar-refractivity contribution in [2.75, 3.05) is 13.2 Å². The van der Waals surface area contributed by atoms with Gasteiger partial charge in [-0.15, -0.1) is 0 Å². The minimum atomic E-state index is -1.61. The number of aliphatic carboxylic acids is 1. The number of nitrogens with two attached hydrogens (primary N) is 1. The lowest BCUT2D eigenvalue weighted by Gasteiger charge is -2.34. The van der Waals surface area contributed by atoms with Gasteiger partial charge < -0.3 is 58.1 Å². The van der Waals surface area contributed by atoms with Crippen LogP contribution in [-0.2, 0) is 49.6 Å². The molecular formula is C52H87N9O11. The van der Waals surface area contributed by atoms with Crippen molar-refractivity contribution in [3.63, 3.8) is 0 Å². The minimum Gasteiger partial charge on any atom is -0.480 e. The maximum atomic E-state index is 14.3. The van der Waals surface area contributed by atoms with Crippen LogP contribution in [0.5, 0.6) is 0 Å². The largest absolute Gasteiger partial charge is 0.480 e. The number of hydrogen-bond acceptors (Lipinski definition) is 11. The van der Waals surface area contributed by atoms with Gasteiger partial charge in [0.15, 0.2) is 0 Å².